The monoisotopic (exact) mass is 258 g/mol. The first kappa shape index (κ1) is 13.7. The summed E-state index contributed by atoms with van der Waals surface area (Å²) in [5.74, 6) is 2.63. The molecule has 0 aromatic heterocycles. The number of thioether (sulfide) groups is 1. The third-order valence-corrected chi connectivity index (χ3v) is 4.73. The molecule has 2 saturated heterocycles. The molecule has 0 aromatic carbocycles. The largest absolute Gasteiger partial charge is 0.378 e. The Hall–Kier alpha value is 0.230. The zero-order chi connectivity index (χ0) is 11.9. The molecule has 0 spiro atoms. The summed E-state index contributed by atoms with van der Waals surface area (Å²) < 4.78 is 5.70. The highest BCUT2D eigenvalue weighted by Gasteiger charge is 2.20. The molecule has 0 radical (unpaired) electrons. The van der Waals surface area contributed by atoms with Crippen LogP contribution in [-0.4, -0.2) is 61.3 Å². The lowest BCUT2D eigenvalue weighted by Crippen LogP contribution is -2.43. The van der Waals surface area contributed by atoms with E-state index in [1.54, 1.807) is 0 Å². The Labute approximate surface area is 110 Å². The van der Waals surface area contributed by atoms with Crippen LogP contribution in [0.25, 0.3) is 0 Å². The average Bonchev–Trinajstić information content (AvgIpc) is 2.40. The molecular weight excluding hydrogens is 232 g/mol. The molecule has 1 N–H and O–H groups in total. The van der Waals surface area contributed by atoms with Gasteiger partial charge in [-0.1, -0.05) is 6.92 Å². The van der Waals surface area contributed by atoms with E-state index in [4.69, 9.17) is 4.74 Å². The molecule has 0 aliphatic carbocycles. The lowest BCUT2D eigenvalue weighted by Gasteiger charge is -2.31. The second-order valence-electron chi connectivity index (χ2n) is 5.03. The molecule has 2 heterocycles. The standard InChI is InChI=1S/C13H26N2OS/c1-2-13-11-12(3-8-16-13)14-4-5-15-6-9-17-10-7-15/h12-14H,2-11H2,1H3. The van der Waals surface area contributed by atoms with Crippen molar-refractivity contribution in [2.45, 2.75) is 38.3 Å². The van der Waals surface area contributed by atoms with Gasteiger partial charge in [-0.3, -0.25) is 0 Å². The van der Waals surface area contributed by atoms with Crippen molar-refractivity contribution < 1.29 is 4.74 Å². The molecule has 17 heavy (non-hydrogen) atoms. The Bertz CT molecular complexity index is 210. The summed E-state index contributed by atoms with van der Waals surface area (Å²) in [7, 11) is 0. The molecule has 2 rings (SSSR count). The van der Waals surface area contributed by atoms with Crippen molar-refractivity contribution in [3.8, 4) is 0 Å². The van der Waals surface area contributed by atoms with Crippen molar-refractivity contribution in [1.82, 2.24) is 10.2 Å². The van der Waals surface area contributed by atoms with Gasteiger partial charge < -0.3 is 15.0 Å². The molecule has 100 valence electrons. The van der Waals surface area contributed by atoms with Gasteiger partial charge in [0.15, 0.2) is 0 Å². The quantitative estimate of drug-likeness (QED) is 0.809. The van der Waals surface area contributed by atoms with Crippen molar-refractivity contribution in [2.24, 2.45) is 0 Å². The summed E-state index contributed by atoms with van der Waals surface area (Å²) in [5.41, 5.74) is 0. The van der Waals surface area contributed by atoms with E-state index in [0.717, 1.165) is 19.6 Å². The second kappa shape index (κ2) is 7.62. The number of ether oxygens (including phenoxy) is 1. The Morgan fingerprint density at radius 2 is 2.18 bits per heavy atom. The molecule has 0 saturated carbocycles. The number of hydrogen-bond acceptors (Lipinski definition) is 4. The van der Waals surface area contributed by atoms with Crippen LogP contribution in [0.15, 0.2) is 0 Å². The molecule has 2 fully saturated rings. The van der Waals surface area contributed by atoms with Crippen LogP contribution >= 0.6 is 11.8 Å². The predicted octanol–water partition coefficient (Wildman–Crippen LogP) is 1.58. The van der Waals surface area contributed by atoms with Gasteiger partial charge in [0.05, 0.1) is 6.10 Å². The highest BCUT2D eigenvalue weighted by atomic mass is 32.2. The van der Waals surface area contributed by atoms with E-state index in [-0.39, 0.29) is 0 Å². The average molecular weight is 258 g/mol. The van der Waals surface area contributed by atoms with E-state index >= 15 is 0 Å². The Morgan fingerprint density at radius 1 is 1.35 bits per heavy atom. The van der Waals surface area contributed by atoms with Gasteiger partial charge in [0.2, 0.25) is 0 Å². The fourth-order valence-electron chi connectivity index (χ4n) is 2.60. The third kappa shape index (κ3) is 4.78. The minimum atomic E-state index is 0.493. The number of nitrogens with one attached hydrogen (secondary N) is 1. The zero-order valence-electron chi connectivity index (χ0n) is 11.0. The number of rotatable bonds is 5. The van der Waals surface area contributed by atoms with Gasteiger partial charge in [0, 0.05) is 50.3 Å². The lowest BCUT2D eigenvalue weighted by atomic mass is 10.0. The van der Waals surface area contributed by atoms with E-state index in [1.807, 2.05) is 0 Å². The van der Waals surface area contributed by atoms with E-state index < -0.39 is 0 Å². The van der Waals surface area contributed by atoms with Crippen LogP contribution < -0.4 is 5.32 Å². The molecule has 0 bridgehead atoms. The maximum atomic E-state index is 5.70. The summed E-state index contributed by atoms with van der Waals surface area (Å²) in [5, 5.41) is 3.70. The summed E-state index contributed by atoms with van der Waals surface area (Å²) in [6, 6.07) is 0.688. The van der Waals surface area contributed by atoms with E-state index in [0.29, 0.717) is 12.1 Å². The molecule has 2 aliphatic rings. The second-order valence-corrected chi connectivity index (χ2v) is 6.26. The fourth-order valence-corrected chi connectivity index (χ4v) is 3.58. The van der Waals surface area contributed by atoms with E-state index in [2.05, 4.69) is 28.9 Å². The van der Waals surface area contributed by atoms with Crippen LogP contribution in [-0.2, 0) is 4.74 Å². The van der Waals surface area contributed by atoms with Gasteiger partial charge in [-0.2, -0.15) is 11.8 Å². The van der Waals surface area contributed by atoms with Crippen LogP contribution in [0.4, 0.5) is 0 Å². The van der Waals surface area contributed by atoms with Crippen LogP contribution in [0.1, 0.15) is 26.2 Å². The zero-order valence-corrected chi connectivity index (χ0v) is 11.8. The molecule has 0 amide bonds. The maximum Gasteiger partial charge on any atom is 0.0587 e. The van der Waals surface area contributed by atoms with Gasteiger partial charge in [-0.25, -0.2) is 0 Å². The maximum absolute atomic E-state index is 5.70. The minimum Gasteiger partial charge on any atom is -0.378 e. The molecule has 2 aliphatic heterocycles. The van der Waals surface area contributed by atoms with Crippen LogP contribution in [0.5, 0.6) is 0 Å². The lowest BCUT2D eigenvalue weighted by molar-refractivity contribution is -0.000254. The Kier molecular flexibility index (Phi) is 6.12. The van der Waals surface area contributed by atoms with Crippen LogP contribution in [0.2, 0.25) is 0 Å². The third-order valence-electron chi connectivity index (χ3n) is 3.79. The first-order valence-electron chi connectivity index (χ1n) is 7.03. The first-order valence-corrected chi connectivity index (χ1v) is 8.19. The fraction of sp³-hybridized carbons (Fsp3) is 1.00. The Balaban J connectivity index is 1.57. The van der Waals surface area contributed by atoms with Gasteiger partial charge in [-0.05, 0) is 19.3 Å². The smallest absolute Gasteiger partial charge is 0.0587 e. The number of nitrogens with zero attached hydrogens (tertiary/aromatic N) is 1. The Morgan fingerprint density at radius 3 is 2.94 bits per heavy atom. The van der Waals surface area contributed by atoms with Gasteiger partial charge in [0.25, 0.3) is 0 Å². The molecule has 0 aromatic rings. The van der Waals surface area contributed by atoms with E-state index in [9.17, 15) is 0 Å². The van der Waals surface area contributed by atoms with E-state index in [1.165, 1.54) is 44.0 Å². The van der Waals surface area contributed by atoms with Crippen molar-refractivity contribution in [1.29, 1.82) is 0 Å². The molecule has 4 heteroatoms. The predicted molar refractivity (Wildman–Crippen MR) is 74.8 cm³/mol. The van der Waals surface area contributed by atoms with Gasteiger partial charge in [-0.15, -0.1) is 0 Å². The van der Waals surface area contributed by atoms with Crippen molar-refractivity contribution in [2.75, 3.05) is 44.3 Å². The van der Waals surface area contributed by atoms with Gasteiger partial charge >= 0.3 is 0 Å². The SMILES string of the molecule is CCC1CC(NCCN2CCSCC2)CCO1. The highest BCUT2D eigenvalue weighted by molar-refractivity contribution is 7.99. The van der Waals surface area contributed by atoms with Crippen molar-refractivity contribution >= 4 is 11.8 Å². The summed E-state index contributed by atoms with van der Waals surface area (Å²) in [6.45, 7) is 8.07. The van der Waals surface area contributed by atoms with Gasteiger partial charge in [0.1, 0.15) is 0 Å². The van der Waals surface area contributed by atoms with Crippen LogP contribution in [0, 0.1) is 0 Å². The molecule has 2 unspecified atom stereocenters. The topological polar surface area (TPSA) is 24.5 Å². The van der Waals surface area contributed by atoms with Crippen LogP contribution in [0.3, 0.4) is 0 Å². The molecular formula is C13H26N2OS. The molecule has 3 nitrogen and oxygen atoms in total. The summed E-state index contributed by atoms with van der Waals surface area (Å²) in [6.07, 6.45) is 4.04. The normalized spacial score (nSPS) is 31.6. The van der Waals surface area contributed by atoms with Crippen molar-refractivity contribution in [3.05, 3.63) is 0 Å². The summed E-state index contributed by atoms with van der Waals surface area (Å²) in [4.78, 5) is 2.58. The first-order chi connectivity index (χ1) is 8.38. The number of hydrogen-bond donors (Lipinski definition) is 1. The highest BCUT2D eigenvalue weighted by Crippen LogP contribution is 2.16. The van der Waals surface area contributed by atoms with Crippen molar-refractivity contribution in [3.63, 3.8) is 0 Å². The molecule has 2 atom stereocenters. The minimum absolute atomic E-state index is 0.493. The summed E-state index contributed by atoms with van der Waals surface area (Å²) >= 11 is 2.08.